The Labute approximate surface area is 122 Å². The zero-order valence-corrected chi connectivity index (χ0v) is 13.9. The Balaban J connectivity index is 2.54. The third kappa shape index (κ3) is 7.04. The number of aromatic nitrogens is 1. The minimum atomic E-state index is 0.707. The van der Waals surface area contributed by atoms with E-state index < -0.39 is 0 Å². The van der Waals surface area contributed by atoms with Gasteiger partial charge < -0.3 is 5.32 Å². The molecule has 0 fully saturated rings. The molecule has 0 saturated carbocycles. The summed E-state index contributed by atoms with van der Waals surface area (Å²) >= 11 is 1.77. The Bertz CT molecular complexity index is 337. The first-order chi connectivity index (χ1) is 9.01. The molecule has 0 radical (unpaired) electrons. The predicted octanol–water partition coefficient (Wildman–Crippen LogP) is 3.37. The van der Waals surface area contributed by atoms with Crippen molar-refractivity contribution in [1.82, 2.24) is 15.2 Å². The molecule has 4 heteroatoms. The van der Waals surface area contributed by atoms with Gasteiger partial charge in [0, 0.05) is 31.6 Å². The molecule has 0 aliphatic rings. The second kappa shape index (κ2) is 8.67. The number of nitrogens with zero attached hydrogens (tertiary/aromatic N) is 2. The lowest BCUT2D eigenvalue weighted by Gasteiger charge is -2.25. The summed E-state index contributed by atoms with van der Waals surface area (Å²) in [5, 5.41) is 6.74. The highest BCUT2D eigenvalue weighted by Gasteiger charge is 2.12. The molecule has 0 bridgehead atoms. The molecule has 0 saturated heterocycles. The van der Waals surface area contributed by atoms with Crippen LogP contribution in [0.4, 0.5) is 0 Å². The predicted molar refractivity (Wildman–Crippen MR) is 84.4 cm³/mol. The zero-order valence-electron chi connectivity index (χ0n) is 13.1. The fraction of sp³-hybridized carbons (Fsp3) is 0.800. The van der Waals surface area contributed by atoms with Crippen molar-refractivity contribution in [3.05, 3.63) is 16.1 Å². The lowest BCUT2D eigenvalue weighted by Crippen LogP contribution is -2.31. The molecule has 19 heavy (non-hydrogen) atoms. The van der Waals surface area contributed by atoms with Crippen molar-refractivity contribution in [1.29, 1.82) is 0 Å². The van der Waals surface area contributed by atoms with E-state index in [1.54, 1.807) is 11.3 Å². The van der Waals surface area contributed by atoms with Gasteiger partial charge in [0.1, 0.15) is 5.01 Å². The topological polar surface area (TPSA) is 28.2 Å². The summed E-state index contributed by atoms with van der Waals surface area (Å²) in [7, 11) is 0. The van der Waals surface area contributed by atoms with Gasteiger partial charge in [-0.3, -0.25) is 4.90 Å². The van der Waals surface area contributed by atoms with Gasteiger partial charge >= 0.3 is 0 Å². The molecule has 0 atom stereocenters. The molecule has 110 valence electrons. The van der Waals surface area contributed by atoms with Gasteiger partial charge in [0.2, 0.25) is 0 Å². The van der Waals surface area contributed by atoms with Crippen LogP contribution >= 0.6 is 11.3 Å². The number of nitrogens with one attached hydrogen (secondary N) is 1. The third-order valence-corrected chi connectivity index (χ3v) is 3.66. The van der Waals surface area contributed by atoms with Crippen LogP contribution in [0.3, 0.4) is 0 Å². The minimum absolute atomic E-state index is 0.707. The summed E-state index contributed by atoms with van der Waals surface area (Å²) in [5.41, 5.74) is 1.22. The second-order valence-corrected chi connectivity index (χ2v) is 6.94. The van der Waals surface area contributed by atoms with E-state index in [2.05, 4.69) is 50.2 Å². The van der Waals surface area contributed by atoms with Crippen LogP contribution in [0.15, 0.2) is 5.38 Å². The average molecular weight is 283 g/mol. The molecule has 3 nitrogen and oxygen atoms in total. The molecule has 0 aliphatic carbocycles. The fourth-order valence-electron chi connectivity index (χ4n) is 2.20. The third-order valence-electron chi connectivity index (χ3n) is 2.76. The molecule has 0 aromatic carbocycles. The first kappa shape index (κ1) is 16.6. The second-order valence-electron chi connectivity index (χ2n) is 5.99. The van der Waals surface area contributed by atoms with Gasteiger partial charge in [-0.25, -0.2) is 4.98 Å². The van der Waals surface area contributed by atoms with Gasteiger partial charge in [-0.15, -0.1) is 11.3 Å². The Morgan fingerprint density at radius 2 is 1.84 bits per heavy atom. The van der Waals surface area contributed by atoms with E-state index in [1.165, 1.54) is 10.7 Å². The van der Waals surface area contributed by atoms with E-state index in [0.29, 0.717) is 11.8 Å². The van der Waals surface area contributed by atoms with Crippen LogP contribution in [-0.2, 0) is 13.1 Å². The van der Waals surface area contributed by atoms with E-state index in [9.17, 15) is 0 Å². The smallest absolute Gasteiger partial charge is 0.107 e. The lowest BCUT2D eigenvalue weighted by molar-refractivity contribution is 0.209. The van der Waals surface area contributed by atoms with Gasteiger partial charge in [0.05, 0.1) is 5.69 Å². The van der Waals surface area contributed by atoms with Crippen LogP contribution in [0.25, 0.3) is 0 Å². The molecule has 0 aliphatic heterocycles. The van der Waals surface area contributed by atoms with Crippen LogP contribution in [0.1, 0.15) is 45.3 Å². The Morgan fingerprint density at radius 3 is 2.37 bits per heavy atom. The highest BCUT2D eigenvalue weighted by molar-refractivity contribution is 7.09. The fourth-order valence-corrected chi connectivity index (χ4v) is 2.95. The van der Waals surface area contributed by atoms with Gasteiger partial charge in [-0.05, 0) is 18.4 Å². The largest absolute Gasteiger partial charge is 0.311 e. The summed E-state index contributed by atoms with van der Waals surface area (Å²) in [6, 6.07) is 0. The summed E-state index contributed by atoms with van der Waals surface area (Å²) in [5.74, 6) is 1.41. The molecule has 1 heterocycles. The molecule has 1 aromatic heterocycles. The maximum absolute atomic E-state index is 4.72. The first-order valence-electron chi connectivity index (χ1n) is 7.37. The number of hydrogen-bond acceptors (Lipinski definition) is 4. The lowest BCUT2D eigenvalue weighted by atomic mass is 10.1. The molecule has 1 N–H and O–H groups in total. The van der Waals surface area contributed by atoms with Crippen molar-refractivity contribution in [2.24, 2.45) is 11.8 Å². The SMILES string of the molecule is CCNCc1nc(CN(CC(C)C)CC(C)C)cs1. The number of hydrogen-bond donors (Lipinski definition) is 1. The van der Waals surface area contributed by atoms with Crippen LogP contribution in [0.2, 0.25) is 0 Å². The summed E-state index contributed by atoms with van der Waals surface area (Å²) in [4.78, 5) is 7.25. The normalized spacial score (nSPS) is 12.0. The first-order valence-corrected chi connectivity index (χ1v) is 8.25. The Kier molecular flexibility index (Phi) is 7.57. The van der Waals surface area contributed by atoms with Gasteiger partial charge in [-0.2, -0.15) is 0 Å². The van der Waals surface area contributed by atoms with Crippen molar-refractivity contribution < 1.29 is 0 Å². The summed E-state index contributed by atoms with van der Waals surface area (Å²) in [6.45, 7) is 16.4. The maximum Gasteiger partial charge on any atom is 0.107 e. The standard InChI is InChI=1S/C15H29N3S/c1-6-16-7-15-17-14(11-19-15)10-18(8-12(2)3)9-13(4)5/h11-13,16H,6-10H2,1-5H3. The van der Waals surface area contributed by atoms with Gasteiger partial charge in [0.25, 0.3) is 0 Å². The number of rotatable bonds is 9. The van der Waals surface area contributed by atoms with E-state index in [1.807, 2.05) is 0 Å². The van der Waals surface area contributed by atoms with Gasteiger partial charge in [-0.1, -0.05) is 34.6 Å². The van der Waals surface area contributed by atoms with E-state index in [4.69, 9.17) is 4.98 Å². The van der Waals surface area contributed by atoms with Crippen LogP contribution in [0, 0.1) is 11.8 Å². The summed E-state index contributed by atoms with van der Waals surface area (Å²) < 4.78 is 0. The highest BCUT2D eigenvalue weighted by Crippen LogP contribution is 2.14. The molecular weight excluding hydrogens is 254 g/mol. The van der Waals surface area contributed by atoms with Crippen molar-refractivity contribution in [2.45, 2.75) is 47.7 Å². The van der Waals surface area contributed by atoms with Crippen molar-refractivity contribution in [3.8, 4) is 0 Å². The molecule has 0 spiro atoms. The Morgan fingerprint density at radius 1 is 1.21 bits per heavy atom. The van der Waals surface area contributed by atoms with E-state index >= 15 is 0 Å². The zero-order chi connectivity index (χ0) is 14.3. The van der Waals surface area contributed by atoms with Crippen molar-refractivity contribution >= 4 is 11.3 Å². The van der Waals surface area contributed by atoms with Crippen LogP contribution in [-0.4, -0.2) is 29.5 Å². The van der Waals surface area contributed by atoms with E-state index in [-0.39, 0.29) is 0 Å². The van der Waals surface area contributed by atoms with Crippen LogP contribution < -0.4 is 5.32 Å². The average Bonchev–Trinajstić information content (AvgIpc) is 2.72. The van der Waals surface area contributed by atoms with Crippen molar-refractivity contribution in [3.63, 3.8) is 0 Å². The van der Waals surface area contributed by atoms with Crippen molar-refractivity contribution in [2.75, 3.05) is 19.6 Å². The molecule has 1 rings (SSSR count). The number of thiazole rings is 1. The quantitative estimate of drug-likeness (QED) is 0.753. The maximum atomic E-state index is 4.72. The minimum Gasteiger partial charge on any atom is -0.311 e. The summed E-state index contributed by atoms with van der Waals surface area (Å²) in [6.07, 6.45) is 0. The molecule has 0 amide bonds. The van der Waals surface area contributed by atoms with Crippen LogP contribution in [0.5, 0.6) is 0 Å². The van der Waals surface area contributed by atoms with Gasteiger partial charge in [0.15, 0.2) is 0 Å². The highest BCUT2D eigenvalue weighted by atomic mass is 32.1. The molecular formula is C15H29N3S. The molecule has 1 aromatic rings. The van der Waals surface area contributed by atoms with E-state index in [0.717, 1.165) is 32.7 Å². The Hall–Kier alpha value is -0.450. The molecule has 0 unspecified atom stereocenters. The monoisotopic (exact) mass is 283 g/mol.